The molecule has 26 heavy (non-hydrogen) atoms. The number of aromatic amines is 1. The summed E-state index contributed by atoms with van der Waals surface area (Å²) in [5.74, 6) is 0.0676. The smallest absolute Gasteiger partial charge is 0.225 e. The van der Waals surface area contributed by atoms with E-state index in [0.29, 0.717) is 12.2 Å². The predicted molar refractivity (Wildman–Crippen MR) is 103 cm³/mol. The van der Waals surface area contributed by atoms with E-state index in [0.717, 1.165) is 18.7 Å². The Bertz CT molecular complexity index is 1040. The zero-order valence-electron chi connectivity index (χ0n) is 14.8. The molecule has 130 valence electrons. The first kappa shape index (κ1) is 15.4. The van der Waals surface area contributed by atoms with Crippen LogP contribution in [0.3, 0.4) is 0 Å². The number of hydrogen-bond acceptors (Lipinski definition) is 3. The van der Waals surface area contributed by atoms with Gasteiger partial charge in [0.25, 0.3) is 0 Å². The van der Waals surface area contributed by atoms with Crippen LogP contribution < -0.4 is 5.32 Å². The fourth-order valence-electron chi connectivity index (χ4n) is 4.22. The number of rotatable bonds is 3. The van der Waals surface area contributed by atoms with Crippen LogP contribution in [0.15, 0.2) is 60.4 Å². The van der Waals surface area contributed by atoms with Gasteiger partial charge in [0.15, 0.2) is 0 Å². The number of likely N-dealkylation sites (N-methyl/N-ethyl adjacent to an activating group) is 1. The number of ketones is 1. The van der Waals surface area contributed by atoms with Crippen LogP contribution in [-0.2, 0) is 13.0 Å². The van der Waals surface area contributed by atoms with E-state index in [1.807, 2.05) is 6.20 Å². The Morgan fingerprint density at radius 1 is 1.19 bits per heavy atom. The maximum Gasteiger partial charge on any atom is 0.225 e. The molecular weight excluding hydrogens is 322 g/mol. The third-order valence-corrected chi connectivity index (χ3v) is 5.66. The van der Waals surface area contributed by atoms with Crippen molar-refractivity contribution in [2.75, 3.05) is 13.6 Å². The van der Waals surface area contributed by atoms with E-state index < -0.39 is 0 Å². The fourth-order valence-corrected chi connectivity index (χ4v) is 4.22. The van der Waals surface area contributed by atoms with Crippen LogP contribution in [0.4, 0.5) is 0 Å². The van der Waals surface area contributed by atoms with Crippen molar-refractivity contribution in [3.63, 3.8) is 0 Å². The number of carbonyl (C=O) groups is 1. The van der Waals surface area contributed by atoms with E-state index >= 15 is 0 Å². The Labute approximate surface area is 152 Å². The highest BCUT2D eigenvalue weighted by molar-refractivity contribution is 6.09. The van der Waals surface area contributed by atoms with E-state index in [1.165, 1.54) is 27.5 Å². The molecule has 5 rings (SSSR count). The number of carbonyl (C=O) groups excluding carboxylic acids is 1. The minimum atomic E-state index is 0.0676. The molecule has 2 aliphatic rings. The monoisotopic (exact) mass is 343 g/mol. The normalized spacial score (nSPS) is 19.3. The molecule has 0 fully saturated rings. The second-order valence-corrected chi connectivity index (χ2v) is 7.18. The molecule has 1 aliphatic heterocycles. The molecule has 2 N–H and O–H groups in total. The first-order chi connectivity index (χ1) is 12.7. The number of hydrogen-bond donors (Lipinski definition) is 2. The van der Waals surface area contributed by atoms with E-state index in [2.05, 4.69) is 70.8 Å². The molecule has 4 heteroatoms. The minimum Gasteiger partial charge on any atom is -0.378 e. The van der Waals surface area contributed by atoms with Crippen LogP contribution in [0.2, 0.25) is 0 Å². The van der Waals surface area contributed by atoms with Gasteiger partial charge in [0.1, 0.15) is 0 Å². The van der Waals surface area contributed by atoms with Crippen molar-refractivity contribution in [2.24, 2.45) is 0 Å². The third-order valence-electron chi connectivity index (χ3n) is 5.66. The van der Waals surface area contributed by atoms with Crippen molar-refractivity contribution in [3.05, 3.63) is 82.8 Å². The maximum atomic E-state index is 12.9. The lowest BCUT2D eigenvalue weighted by Gasteiger charge is -2.34. The quantitative estimate of drug-likeness (QED) is 0.764. The summed E-state index contributed by atoms with van der Waals surface area (Å²) in [6.07, 6.45) is 5.09. The average Bonchev–Trinajstić information content (AvgIpc) is 3.10. The number of nitrogens with one attached hydrogen (secondary N) is 2. The lowest BCUT2D eigenvalue weighted by atomic mass is 9.88. The summed E-state index contributed by atoms with van der Waals surface area (Å²) in [5, 5.41) is 5.85. The van der Waals surface area contributed by atoms with Gasteiger partial charge in [0.2, 0.25) is 5.78 Å². The molecular formula is C22H21N3O. The third kappa shape index (κ3) is 2.30. The second-order valence-electron chi connectivity index (χ2n) is 7.18. The van der Waals surface area contributed by atoms with E-state index in [4.69, 9.17) is 0 Å². The Kier molecular flexibility index (Phi) is 3.47. The van der Waals surface area contributed by atoms with Crippen LogP contribution in [0, 0.1) is 0 Å². The van der Waals surface area contributed by atoms with Crippen LogP contribution in [0.25, 0.3) is 10.8 Å². The molecule has 0 radical (unpaired) electrons. The lowest BCUT2D eigenvalue weighted by molar-refractivity contribution is 0.101. The summed E-state index contributed by atoms with van der Waals surface area (Å²) in [7, 11) is 2.12. The van der Waals surface area contributed by atoms with E-state index in [9.17, 15) is 4.79 Å². The van der Waals surface area contributed by atoms with Crippen LogP contribution in [-0.4, -0.2) is 29.3 Å². The van der Waals surface area contributed by atoms with Gasteiger partial charge < -0.3 is 10.3 Å². The number of fused-ring (bicyclic) bond motifs is 1. The van der Waals surface area contributed by atoms with Gasteiger partial charge in [-0.05, 0) is 41.4 Å². The van der Waals surface area contributed by atoms with Crippen molar-refractivity contribution in [3.8, 4) is 0 Å². The SMILES string of the molecule is CN1CCc2c[nH]c3c2C1C=C(NCc1cccc2ccccc12)C3=O. The summed E-state index contributed by atoms with van der Waals surface area (Å²) in [6.45, 7) is 1.65. The molecule has 1 atom stereocenters. The highest BCUT2D eigenvalue weighted by Gasteiger charge is 2.35. The van der Waals surface area contributed by atoms with Crippen molar-refractivity contribution < 1.29 is 4.79 Å². The molecule has 2 heterocycles. The van der Waals surface area contributed by atoms with Gasteiger partial charge in [-0.1, -0.05) is 42.5 Å². The topological polar surface area (TPSA) is 48.1 Å². The number of aromatic nitrogens is 1. The van der Waals surface area contributed by atoms with Crippen molar-refractivity contribution in [1.29, 1.82) is 0 Å². The van der Waals surface area contributed by atoms with Crippen LogP contribution in [0.5, 0.6) is 0 Å². The van der Waals surface area contributed by atoms with Crippen molar-refractivity contribution >= 4 is 16.6 Å². The highest BCUT2D eigenvalue weighted by atomic mass is 16.1. The number of H-pyrrole nitrogens is 1. The van der Waals surface area contributed by atoms with Crippen molar-refractivity contribution in [1.82, 2.24) is 15.2 Å². The van der Waals surface area contributed by atoms with Gasteiger partial charge >= 0.3 is 0 Å². The predicted octanol–water partition coefficient (Wildman–Crippen LogP) is 3.57. The largest absolute Gasteiger partial charge is 0.378 e. The average molecular weight is 343 g/mol. The Morgan fingerprint density at radius 2 is 2.04 bits per heavy atom. The Balaban J connectivity index is 1.46. The first-order valence-electron chi connectivity index (χ1n) is 9.10. The standard InChI is InChI=1S/C22H21N3O/c1-25-10-9-16-13-24-21-20(16)19(25)11-18(22(21)26)23-12-15-7-4-6-14-5-2-3-8-17(14)15/h2-8,11,13,19,23-24H,9-10,12H2,1H3. The van der Waals surface area contributed by atoms with Crippen molar-refractivity contribution in [2.45, 2.75) is 19.0 Å². The molecule has 0 bridgehead atoms. The molecule has 0 spiro atoms. The molecule has 1 unspecified atom stereocenters. The second kappa shape index (κ2) is 5.85. The molecule has 4 nitrogen and oxygen atoms in total. The van der Waals surface area contributed by atoms with Gasteiger partial charge in [-0.2, -0.15) is 0 Å². The molecule has 1 aromatic heterocycles. The highest BCUT2D eigenvalue weighted by Crippen LogP contribution is 2.37. The fraction of sp³-hybridized carbons (Fsp3) is 0.227. The first-order valence-corrected chi connectivity index (χ1v) is 9.10. The summed E-state index contributed by atoms with van der Waals surface area (Å²) in [5.41, 5.74) is 5.09. The van der Waals surface area contributed by atoms with Crippen LogP contribution >= 0.6 is 0 Å². The molecule has 2 aromatic carbocycles. The number of allylic oxidation sites excluding steroid dienone is 1. The molecule has 0 saturated heterocycles. The maximum absolute atomic E-state index is 12.9. The Hall–Kier alpha value is -2.85. The van der Waals surface area contributed by atoms with E-state index in [-0.39, 0.29) is 11.8 Å². The molecule has 1 aliphatic carbocycles. The van der Waals surface area contributed by atoms with Gasteiger partial charge in [0, 0.05) is 24.8 Å². The van der Waals surface area contributed by atoms with E-state index in [1.54, 1.807) is 0 Å². The van der Waals surface area contributed by atoms with Gasteiger partial charge in [-0.25, -0.2) is 0 Å². The Morgan fingerprint density at radius 3 is 2.96 bits per heavy atom. The van der Waals surface area contributed by atoms with Gasteiger partial charge in [-0.15, -0.1) is 0 Å². The summed E-state index contributed by atoms with van der Waals surface area (Å²) >= 11 is 0. The van der Waals surface area contributed by atoms with Gasteiger partial charge in [0.05, 0.1) is 17.4 Å². The summed E-state index contributed by atoms with van der Waals surface area (Å²) in [4.78, 5) is 18.5. The van der Waals surface area contributed by atoms with Gasteiger partial charge in [-0.3, -0.25) is 9.69 Å². The zero-order valence-corrected chi connectivity index (χ0v) is 14.8. The zero-order chi connectivity index (χ0) is 17.7. The van der Waals surface area contributed by atoms with Crippen LogP contribution in [0.1, 0.15) is 33.2 Å². The number of Topliss-reactive ketones (excluding diaryl/α,β-unsaturated/α-hetero) is 1. The summed E-state index contributed by atoms with van der Waals surface area (Å²) < 4.78 is 0. The summed E-state index contributed by atoms with van der Waals surface area (Å²) in [6, 6.07) is 14.8. The molecule has 0 saturated carbocycles. The number of nitrogens with zero attached hydrogens (tertiary/aromatic N) is 1. The molecule has 3 aromatic rings. The minimum absolute atomic E-state index is 0.0676. The molecule has 0 amide bonds. The lowest BCUT2D eigenvalue weighted by Crippen LogP contribution is -2.36. The number of benzene rings is 2.